The Morgan fingerprint density at radius 2 is 2.31 bits per heavy atom. The summed E-state index contributed by atoms with van der Waals surface area (Å²) < 4.78 is 29.4. The number of ether oxygens (including phenoxy) is 1. The predicted molar refractivity (Wildman–Crippen MR) is 57.9 cm³/mol. The Morgan fingerprint density at radius 1 is 1.50 bits per heavy atom. The van der Waals surface area contributed by atoms with E-state index >= 15 is 0 Å². The lowest BCUT2D eigenvalue weighted by Crippen LogP contribution is -2.20. The zero-order chi connectivity index (χ0) is 11.5. The Morgan fingerprint density at radius 3 is 3.06 bits per heavy atom. The van der Waals surface area contributed by atoms with Crippen molar-refractivity contribution in [3.63, 3.8) is 0 Å². The molecule has 0 radical (unpaired) electrons. The zero-order valence-electron chi connectivity index (χ0n) is 9.17. The molecule has 0 saturated heterocycles. The lowest BCUT2D eigenvalue weighted by molar-refractivity contribution is 0.145. The van der Waals surface area contributed by atoms with Crippen LogP contribution < -0.4 is 10.1 Å². The third-order valence-corrected chi connectivity index (χ3v) is 2.59. The summed E-state index contributed by atoms with van der Waals surface area (Å²) in [5, 5.41) is 2.71. The Balaban J connectivity index is 1.94. The lowest BCUT2D eigenvalue weighted by Gasteiger charge is -2.06. The molecule has 16 heavy (non-hydrogen) atoms. The van der Waals surface area contributed by atoms with Crippen LogP contribution in [0.25, 0.3) is 0 Å². The molecule has 4 heteroatoms. The van der Waals surface area contributed by atoms with E-state index in [2.05, 4.69) is 5.32 Å². The van der Waals surface area contributed by atoms with Crippen LogP contribution in [0.2, 0.25) is 0 Å². The van der Waals surface area contributed by atoms with Crippen molar-refractivity contribution < 1.29 is 13.5 Å². The highest BCUT2D eigenvalue weighted by Crippen LogP contribution is 2.29. The van der Waals surface area contributed by atoms with Gasteiger partial charge in [-0.15, -0.1) is 0 Å². The molecule has 1 aliphatic rings. The van der Waals surface area contributed by atoms with Gasteiger partial charge in [-0.2, -0.15) is 0 Å². The minimum atomic E-state index is -2.29. The first-order chi connectivity index (χ1) is 7.65. The van der Waals surface area contributed by atoms with E-state index in [1.54, 1.807) is 0 Å². The first-order valence-electron chi connectivity index (χ1n) is 5.42. The van der Waals surface area contributed by atoms with Gasteiger partial charge < -0.3 is 10.1 Å². The molecular weight excluding hydrogens is 212 g/mol. The summed E-state index contributed by atoms with van der Waals surface area (Å²) in [5.41, 5.74) is 2.20. The average Bonchev–Trinajstić information content (AvgIpc) is 2.56. The number of hydrogen-bond donors (Lipinski definition) is 1. The number of fused-ring (bicyclic) bond motifs is 1. The van der Waals surface area contributed by atoms with E-state index in [1.165, 1.54) is 5.56 Å². The van der Waals surface area contributed by atoms with Crippen LogP contribution in [0.3, 0.4) is 0 Å². The number of rotatable bonds is 4. The van der Waals surface area contributed by atoms with Crippen molar-refractivity contribution >= 4 is 0 Å². The molecule has 0 bridgehead atoms. The zero-order valence-corrected chi connectivity index (χ0v) is 9.17. The molecule has 2 rings (SSSR count). The number of alkyl halides is 2. The Kier molecular flexibility index (Phi) is 3.39. The maximum Gasteiger partial charge on any atom is 0.250 e. The maximum atomic E-state index is 11.9. The van der Waals surface area contributed by atoms with Crippen LogP contribution in [0.15, 0.2) is 18.2 Å². The fourth-order valence-electron chi connectivity index (χ4n) is 1.91. The van der Waals surface area contributed by atoms with Crippen molar-refractivity contribution in [2.75, 3.05) is 6.54 Å². The molecule has 0 fully saturated rings. The van der Waals surface area contributed by atoms with Crippen LogP contribution in [0, 0.1) is 0 Å². The Labute approximate surface area is 93.6 Å². The molecule has 1 aromatic rings. The van der Waals surface area contributed by atoms with Gasteiger partial charge in [0.2, 0.25) is 0 Å². The molecule has 0 aromatic heterocycles. The summed E-state index contributed by atoms with van der Waals surface area (Å²) in [6.45, 7) is 2.24. The van der Waals surface area contributed by atoms with Crippen LogP contribution in [0.1, 0.15) is 18.1 Å². The first-order valence-corrected chi connectivity index (χ1v) is 5.42. The number of hydrogen-bond acceptors (Lipinski definition) is 2. The van der Waals surface area contributed by atoms with Crippen molar-refractivity contribution in [3.8, 4) is 5.75 Å². The topological polar surface area (TPSA) is 21.3 Å². The molecule has 2 nitrogen and oxygen atoms in total. The molecule has 0 amide bonds. The van der Waals surface area contributed by atoms with E-state index in [0.29, 0.717) is 6.54 Å². The highest BCUT2D eigenvalue weighted by atomic mass is 19.3. The van der Waals surface area contributed by atoms with Crippen LogP contribution in [-0.2, 0) is 13.0 Å². The minimum Gasteiger partial charge on any atom is -0.490 e. The summed E-state index contributed by atoms with van der Waals surface area (Å²) in [4.78, 5) is 0. The number of benzene rings is 1. The molecular formula is C12H15F2NO. The van der Waals surface area contributed by atoms with Gasteiger partial charge in [0.05, 0.1) is 6.54 Å². The molecule has 0 spiro atoms. The molecule has 1 N–H and O–H groups in total. The standard InChI is InChI=1S/C12H15F2NO/c1-8-4-10-5-9(2-3-11(10)16-8)6-15-7-12(13)14/h2-3,5,8,12,15H,4,6-7H2,1H3. The molecule has 1 atom stereocenters. The van der Waals surface area contributed by atoms with Crippen LogP contribution in [0.4, 0.5) is 8.78 Å². The van der Waals surface area contributed by atoms with Gasteiger partial charge in [-0.3, -0.25) is 0 Å². The fourth-order valence-corrected chi connectivity index (χ4v) is 1.91. The number of nitrogens with one attached hydrogen (secondary N) is 1. The van der Waals surface area contributed by atoms with Gasteiger partial charge in [0.25, 0.3) is 6.43 Å². The van der Waals surface area contributed by atoms with E-state index < -0.39 is 6.43 Å². The Hall–Kier alpha value is -1.16. The van der Waals surface area contributed by atoms with Crippen molar-refractivity contribution in [2.45, 2.75) is 32.4 Å². The molecule has 0 saturated carbocycles. The quantitative estimate of drug-likeness (QED) is 0.852. The van der Waals surface area contributed by atoms with Crippen LogP contribution >= 0.6 is 0 Å². The largest absolute Gasteiger partial charge is 0.490 e. The van der Waals surface area contributed by atoms with Gasteiger partial charge in [0, 0.05) is 13.0 Å². The van der Waals surface area contributed by atoms with Crippen molar-refractivity contribution in [3.05, 3.63) is 29.3 Å². The monoisotopic (exact) mass is 227 g/mol. The van der Waals surface area contributed by atoms with E-state index in [4.69, 9.17) is 4.74 Å². The first kappa shape index (κ1) is 11.3. The highest BCUT2D eigenvalue weighted by molar-refractivity contribution is 5.40. The molecule has 1 heterocycles. The SMILES string of the molecule is CC1Cc2cc(CNCC(F)F)ccc2O1. The van der Waals surface area contributed by atoms with Gasteiger partial charge in [0.1, 0.15) is 11.9 Å². The molecule has 0 aliphatic carbocycles. The highest BCUT2D eigenvalue weighted by Gasteiger charge is 2.18. The normalized spacial score (nSPS) is 18.6. The predicted octanol–water partition coefficient (Wildman–Crippen LogP) is 2.36. The smallest absolute Gasteiger partial charge is 0.250 e. The van der Waals surface area contributed by atoms with Crippen LogP contribution in [0.5, 0.6) is 5.75 Å². The van der Waals surface area contributed by atoms with Gasteiger partial charge in [-0.1, -0.05) is 12.1 Å². The second-order valence-electron chi connectivity index (χ2n) is 4.10. The maximum absolute atomic E-state index is 11.9. The van der Waals surface area contributed by atoms with E-state index in [0.717, 1.165) is 17.7 Å². The third-order valence-electron chi connectivity index (χ3n) is 2.59. The summed E-state index contributed by atoms with van der Waals surface area (Å²) >= 11 is 0. The molecule has 1 aromatic carbocycles. The summed E-state index contributed by atoms with van der Waals surface area (Å²) in [7, 11) is 0. The lowest BCUT2D eigenvalue weighted by atomic mass is 10.1. The third kappa shape index (κ3) is 2.70. The molecule has 1 unspecified atom stereocenters. The van der Waals surface area contributed by atoms with Crippen LogP contribution in [-0.4, -0.2) is 19.1 Å². The fraction of sp³-hybridized carbons (Fsp3) is 0.500. The van der Waals surface area contributed by atoms with Gasteiger partial charge in [-0.05, 0) is 24.1 Å². The summed E-state index contributed by atoms with van der Waals surface area (Å²) in [6.07, 6.45) is -1.17. The average molecular weight is 227 g/mol. The van der Waals surface area contributed by atoms with Gasteiger partial charge in [-0.25, -0.2) is 8.78 Å². The molecule has 88 valence electrons. The summed E-state index contributed by atoms with van der Waals surface area (Å²) in [6, 6.07) is 5.85. The van der Waals surface area contributed by atoms with Crippen molar-refractivity contribution in [1.82, 2.24) is 5.32 Å². The van der Waals surface area contributed by atoms with Crippen molar-refractivity contribution in [1.29, 1.82) is 0 Å². The minimum absolute atomic E-state index is 0.222. The van der Waals surface area contributed by atoms with Gasteiger partial charge >= 0.3 is 0 Å². The van der Waals surface area contributed by atoms with Gasteiger partial charge in [0.15, 0.2) is 0 Å². The Bertz CT molecular complexity index is 368. The summed E-state index contributed by atoms with van der Waals surface area (Å²) in [5.74, 6) is 0.921. The van der Waals surface area contributed by atoms with Crippen molar-refractivity contribution in [2.24, 2.45) is 0 Å². The molecule has 1 aliphatic heterocycles. The number of halogens is 2. The van der Waals surface area contributed by atoms with E-state index in [1.807, 2.05) is 25.1 Å². The second kappa shape index (κ2) is 4.78. The van der Waals surface area contributed by atoms with E-state index in [9.17, 15) is 8.78 Å². The second-order valence-corrected chi connectivity index (χ2v) is 4.10. The van der Waals surface area contributed by atoms with E-state index in [-0.39, 0.29) is 12.6 Å².